The second-order valence-corrected chi connectivity index (χ2v) is 8.82. The fourth-order valence-electron chi connectivity index (χ4n) is 3.27. The van der Waals surface area contributed by atoms with Gasteiger partial charge in [-0.15, -0.1) is 0 Å². The number of benzene rings is 3. The number of para-hydroxylation sites is 1. The van der Waals surface area contributed by atoms with Crippen LogP contribution in [0.15, 0.2) is 76.5 Å². The van der Waals surface area contributed by atoms with Gasteiger partial charge < -0.3 is 24.8 Å². The van der Waals surface area contributed by atoms with Crippen molar-refractivity contribution in [1.82, 2.24) is 0 Å². The van der Waals surface area contributed by atoms with E-state index < -0.39 is 21.7 Å². The van der Waals surface area contributed by atoms with Gasteiger partial charge in [-0.25, -0.2) is 13.2 Å². The topological polar surface area (TPSA) is 120 Å². The van der Waals surface area contributed by atoms with Crippen LogP contribution in [0.4, 0.5) is 11.4 Å². The van der Waals surface area contributed by atoms with E-state index in [1.165, 1.54) is 51.7 Å². The van der Waals surface area contributed by atoms with Crippen LogP contribution in [0, 0.1) is 0 Å². The average molecular weight is 485 g/mol. The molecule has 3 rings (SSSR count). The van der Waals surface area contributed by atoms with Gasteiger partial charge in [0.1, 0.15) is 4.90 Å². The summed E-state index contributed by atoms with van der Waals surface area (Å²) < 4.78 is 42.3. The second kappa shape index (κ2) is 10.7. The molecule has 0 aromatic heterocycles. The lowest BCUT2D eigenvalue weighted by Crippen LogP contribution is -2.24. The lowest BCUT2D eigenvalue weighted by atomic mass is 10.2. The molecule has 3 aromatic carbocycles. The first-order chi connectivity index (χ1) is 16.3. The third-order valence-electron chi connectivity index (χ3n) is 4.87. The molecular formula is C24H24N2O7S. The van der Waals surface area contributed by atoms with Crippen LogP contribution in [0.3, 0.4) is 0 Å². The van der Waals surface area contributed by atoms with E-state index in [2.05, 4.69) is 10.6 Å². The highest BCUT2D eigenvalue weighted by molar-refractivity contribution is 7.91. The Kier molecular flexibility index (Phi) is 7.75. The minimum atomic E-state index is -4.03. The first-order valence-electron chi connectivity index (χ1n) is 10.1. The monoisotopic (exact) mass is 484 g/mol. The van der Waals surface area contributed by atoms with Crippen molar-refractivity contribution in [3.05, 3.63) is 72.3 Å². The van der Waals surface area contributed by atoms with Crippen LogP contribution in [0.2, 0.25) is 0 Å². The van der Waals surface area contributed by atoms with Crippen molar-refractivity contribution in [1.29, 1.82) is 0 Å². The Balaban J connectivity index is 1.93. The Bertz CT molecular complexity index is 1290. The van der Waals surface area contributed by atoms with Gasteiger partial charge in [0.25, 0.3) is 0 Å². The van der Waals surface area contributed by atoms with Crippen molar-refractivity contribution in [3.63, 3.8) is 0 Å². The molecule has 0 saturated carbocycles. The molecule has 34 heavy (non-hydrogen) atoms. The van der Waals surface area contributed by atoms with Gasteiger partial charge in [0.15, 0.2) is 11.5 Å². The largest absolute Gasteiger partial charge is 0.493 e. The fourth-order valence-corrected chi connectivity index (χ4v) is 4.88. The number of methoxy groups -OCH3 is 3. The molecule has 0 heterocycles. The average Bonchev–Trinajstić information content (AvgIpc) is 2.87. The predicted octanol–water partition coefficient (Wildman–Crippen LogP) is 3.37. The van der Waals surface area contributed by atoms with Crippen molar-refractivity contribution in [3.8, 4) is 11.5 Å². The summed E-state index contributed by atoms with van der Waals surface area (Å²) in [6.45, 7) is -0.289. The lowest BCUT2D eigenvalue weighted by molar-refractivity contribution is -0.114. The van der Waals surface area contributed by atoms with Gasteiger partial charge in [-0.1, -0.05) is 30.3 Å². The number of rotatable bonds is 9. The van der Waals surface area contributed by atoms with Crippen molar-refractivity contribution in [2.24, 2.45) is 0 Å². The number of ether oxygens (including phenoxy) is 3. The van der Waals surface area contributed by atoms with E-state index in [-0.39, 0.29) is 44.8 Å². The SMILES string of the molecule is COC(=O)c1ccccc1NC(=O)CNc1ccc(OC)c(OC)c1S(=O)(=O)c1ccccc1. The molecule has 2 N–H and O–H groups in total. The molecular weight excluding hydrogens is 460 g/mol. The summed E-state index contributed by atoms with van der Waals surface area (Å²) in [4.78, 5) is 24.5. The summed E-state index contributed by atoms with van der Waals surface area (Å²) in [7, 11) is -0.0549. The number of amides is 1. The molecule has 0 atom stereocenters. The van der Waals surface area contributed by atoms with Gasteiger partial charge >= 0.3 is 5.97 Å². The van der Waals surface area contributed by atoms with Gasteiger partial charge in [0.2, 0.25) is 15.7 Å². The number of carbonyl (C=O) groups excluding carboxylic acids is 2. The molecule has 1 amide bonds. The third kappa shape index (κ3) is 5.12. The summed E-state index contributed by atoms with van der Waals surface area (Å²) in [6, 6.07) is 17.3. The number of esters is 1. The van der Waals surface area contributed by atoms with Gasteiger partial charge in [-0.3, -0.25) is 4.79 Å². The van der Waals surface area contributed by atoms with E-state index in [1.807, 2.05) is 0 Å². The van der Waals surface area contributed by atoms with E-state index in [0.717, 1.165) is 0 Å². The summed E-state index contributed by atoms with van der Waals surface area (Å²) >= 11 is 0. The molecule has 0 aliphatic heterocycles. The van der Waals surface area contributed by atoms with Crippen molar-refractivity contribution in [2.75, 3.05) is 38.5 Å². The van der Waals surface area contributed by atoms with E-state index in [0.29, 0.717) is 0 Å². The number of sulfone groups is 1. The van der Waals surface area contributed by atoms with Crippen LogP contribution in [0.5, 0.6) is 11.5 Å². The summed E-state index contributed by atoms with van der Waals surface area (Å²) in [6.07, 6.45) is 0. The van der Waals surface area contributed by atoms with Crippen LogP contribution in [0.25, 0.3) is 0 Å². The number of carbonyl (C=O) groups is 2. The summed E-state index contributed by atoms with van der Waals surface area (Å²) in [5.74, 6) is -0.874. The molecule has 178 valence electrons. The Labute approximate surface area is 197 Å². The first kappa shape index (κ1) is 24.6. The third-order valence-corrected chi connectivity index (χ3v) is 6.70. The van der Waals surface area contributed by atoms with Crippen LogP contribution in [-0.4, -0.2) is 48.2 Å². The quantitative estimate of drug-likeness (QED) is 0.444. The predicted molar refractivity (Wildman–Crippen MR) is 126 cm³/mol. The molecule has 9 nitrogen and oxygen atoms in total. The zero-order valence-electron chi connectivity index (χ0n) is 18.8. The minimum absolute atomic E-state index is 0.00722. The zero-order valence-corrected chi connectivity index (χ0v) is 19.6. The molecule has 0 bridgehead atoms. The lowest BCUT2D eigenvalue weighted by Gasteiger charge is -2.18. The molecule has 0 radical (unpaired) electrons. The van der Waals surface area contributed by atoms with Gasteiger partial charge in [-0.2, -0.15) is 0 Å². The maximum absolute atomic E-state index is 13.5. The number of hydrogen-bond donors (Lipinski definition) is 2. The summed E-state index contributed by atoms with van der Waals surface area (Å²) in [5, 5.41) is 5.48. The van der Waals surface area contributed by atoms with Gasteiger partial charge in [-0.05, 0) is 36.4 Å². The van der Waals surface area contributed by atoms with E-state index in [1.54, 1.807) is 36.4 Å². The molecule has 10 heteroatoms. The highest BCUT2D eigenvalue weighted by Gasteiger charge is 2.29. The molecule has 0 saturated heterocycles. The van der Waals surface area contributed by atoms with Crippen LogP contribution >= 0.6 is 0 Å². The van der Waals surface area contributed by atoms with Gasteiger partial charge in [0, 0.05) is 0 Å². The smallest absolute Gasteiger partial charge is 0.339 e. The number of anilines is 2. The van der Waals surface area contributed by atoms with Crippen molar-refractivity contribution < 1.29 is 32.2 Å². The highest BCUT2D eigenvalue weighted by atomic mass is 32.2. The Morgan fingerprint density at radius 1 is 0.824 bits per heavy atom. The normalized spacial score (nSPS) is 10.8. The molecule has 0 spiro atoms. The Hall–Kier alpha value is -4.05. The van der Waals surface area contributed by atoms with Gasteiger partial charge in [0.05, 0.1) is 49.7 Å². The van der Waals surface area contributed by atoms with E-state index in [4.69, 9.17) is 14.2 Å². The fraction of sp³-hybridized carbons (Fsp3) is 0.167. The van der Waals surface area contributed by atoms with E-state index in [9.17, 15) is 18.0 Å². The first-order valence-corrected chi connectivity index (χ1v) is 11.6. The van der Waals surface area contributed by atoms with Crippen LogP contribution < -0.4 is 20.1 Å². The van der Waals surface area contributed by atoms with E-state index >= 15 is 0 Å². The van der Waals surface area contributed by atoms with Crippen molar-refractivity contribution >= 4 is 33.1 Å². The minimum Gasteiger partial charge on any atom is -0.493 e. The van der Waals surface area contributed by atoms with Crippen LogP contribution in [-0.2, 0) is 19.4 Å². The summed E-state index contributed by atoms with van der Waals surface area (Å²) in [5.41, 5.74) is 0.611. The Morgan fingerprint density at radius 3 is 2.15 bits per heavy atom. The maximum atomic E-state index is 13.5. The van der Waals surface area contributed by atoms with Crippen LogP contribution in [0.1, 0.15) is 10.4 Å². The molecule has 0 aliphatic rings. The number of nitrogens with one attached hydrogen (secondary N) is 2. The molecule has 0 fully saturated rings. The number of hydrogen-bond acceptors (Lipinski definition) is 8. The Morgan fingerprint density at radius 2 is 1.50 bits per heavy atom. The maximum Gasteiger partial charge on any atom is 0.339 e. The zero-order chi connectivity index (χ0) is 24.7. The second-order valence-electron chi connectivity index (χ2n) is 6.93. The molecule has 0 unspecified atom stereocenters. The van der Waals surface area contributed by atoms with Crippen molar-refractivity contribution in [2.45, 2.75) is 9.79 Å². The standard InChI is InChI=1S/C24H24N2O7S/c1-31-20-14-13-19(23(22(20)32-2)34(29,30)16-9-5-4-6-10-16)25-15-21(27)26-18-12-8-7-11-17(18)24(28)33-3/h4-14,25H,15H2,1-3H3,(H,26,27). The molecule has 0 aliphatic carbocycles. The molecule has 3 aromatic rings. The highest BCUT2D eigenvalue weighted by Crippen LogP contribution is 2.42.